The third-order valence-electron chi connectivity index (χ3n) is 3.12. The predicted molar refractivity (Wildman–Crippen MR) is 69.8 cm³/mol. The number of aromatic nitrogens is 1. The number of carbonyl (C=O) groups excluding carboxylic acids is 1. The average molecular weight is 235 g/mol. The molecule has 4 nitrogen and oxygen atoms in total. The highest BCUT2D eigenvalue weighted by Crippen LogP contribution is 2.14. The van der Waals surface area contributed by atoms with Crippen LogP contribution in [0.25, 0.3) is 0 Å². The fourth-order valence-corrected chi connectivity index (χ4v) is 1.65. The largest absolute Gasteiger partial charge is 0.384 e. The summed E-state index contributed by atoms with van der Waals surface area (Å²) in [5.74, 6) is 0.798. The highest BCUT2D eigenvalue weighted by Gasteiger charge is 2.20. The van der Waals surface area contributed by atoms with Crippen molar-refractivity contribution in [2.45, 2.75) is 33.7 Å². The van der Waals surface area contributed by atoms with Crippen molar-refractivity contribution < 1.29 is 4.79 Å². The highest BCUT2D eigenvalue weighted by atomic mass is 16.2. The molecule has 0 fully saturated rings. The van der Waals surface area contributed by atoms with E-state index in [1.54, 1.807) is 17.0 Å². The summed E-state index contributed by atoms with van der Waals surface area (Å²) in [5, 5.41) is 0. The lowest BCUT2D eigenvalue weighted by molar-refractivity contribution is 0.0707. The van der Waals surface area contributed by atoms with Gasteiger partial charge >= 0.3 is 0 Å². The van der Waals surface area contributed by atoms with Gasteiger partial charge in [-0.15, -0.1) is 0 Å². The Bertz CT molecular complexity index is 395. The molecule has 2 N–H and O–H groups in total. The van der Waals surface area contributed by atoms with Crippen LogP contribution in [0.2, 0.25) is 0 Å². The van der Waals surface area contributed by atoms with Crippen molar-refractivity contribution in [1.29, 1.82) is 0 Å². The summed E-state index contributed by atoms with van der Waals surface area (Å²) in [5.41, 5.74) is 7.02. The van der Waals surface area contributed by atoms with E-state index in [0.717, 1.165) is 5.69 Å². The molecular weight excluding hydrogens is 214 g/mol. The van der Waals surface area contributed by atoms with Gasteiger partial charge in [-0.25, -0.2) is 4.98 Å². The summed E-state index contributed by atoms with van der Waals surface area (Å²) in [6.07, 6.45) is 0. The number of carbonyl (C=O) groups is 1. The lowest BCUT2D eigenvalue weighted by atomic mass is 10.0. The maximum atomic E-state index is 12.2. The lowest BCUT2D eigenvalue weighted by Crippen LogP contribution is -2.38. The molecule has 0 saturated heterocycles. The molecule has 17 heavy (non-hydrogen) atoms. The Hall–Kier alpha value is -1.58. The monoisotopic (exact) mass is 235 g/mol. The summed E-state index contributed by atoms with van der Waals surface area (Å²) in [7, 11) is 1.82. The average Bonchev–Trinajstić information content (AvgIpc) is 2.24. The minimum absolute atomic E-state index is 0.0107. The second-order valence-corrected chi connectivity index (χ2v) is 4.82. The zero-order valence-corrected chi connectivity index (χ0v) is 11.2. The van der Waals surface area contributed by atoms with Crippen LogP contribution in [0, 0.1) is 12.8 Å². The molecule has 1 heterocycles. The van der Waals surface area contributed by atoms with Crippen molar-refractivity contribution in [2.24, 2.45) is 5.92 Å². The number of nitrogen functional groups attached to an aromatic ring is 1. The second kappa shape index (κ2) is 5.17. The van der Waals surface area contributed by atoms with E-state index in [4.69, 9.17) is 5.73 Å². The quantitative estimate of drug-likeness (QED) is 0.872. The molecule has 0 radical (unpaired) electrons. The van der Waals surface area contributed by atoms with Crippen LogP contribution in [0.5, 0.6) is 0 Å². The summed E-state index contributed by atoms with van der Waals surface area (Å²) in [6.45, 7) is 8.07. The van der Waals surface area contributed by atoms with Gasteiger partial charge in [-0.2, -0.15) is 0 Å². The van der Waals surface area contributed by atoms with Gasteiger partial charge in [-0.3, -0.25) is 4.79 Å². The van der Waals surface area contributed by atoms with E-state index in [0.29, 0.717) is 17.3 Å². The molecule has 0 bridgehead atoms. The van der Waals surface area contributed by atoms with Crippen LogP contribution >= 0.6 is 0 Å². The number of aryl methyl sites for hydroxylation is 1. The van der Waals surface area contributed by atoms with Crippen LogP contribution in [0.3, 0.4) is 0 Å². The van der Waals surface area contributed by atoms with Crippen molar-refractivity contribution in [3.05, 3.63) is 23.4 Å². The number of nitrogens with two attached hydrogens (primary N) is 1. The first-order valence-electron chi connectivity index (χ1n) is 5.84. The fraction of sp³-hybridized carbons (Fsp3) is 0.538. The van der Waals surface area contributed by atoms with Gasteiger partial charge in [0.25, 0.3) is 5.91 Å². The van der Waals surface area contributed by atoms with Crippen LogP contribution < -0.4 is 5.73 Å². The number of anilines is 1. The van der Waals surface area contributed by atoms with Gasteiger partial charge in [-0.05, 0) is 31.9 Å². The van der Waals surface area contributed by atoms with Gasteiger partial charge in [0.05, 0.1) is 0 Å². The Labute approximate surface area is 103 Å². The van der Waals surface area contributed by atoms with Gasteiger partial charge in [0.1, 0.15) is 5.82 Å². The zero-order chi connectivity index (χ0) is 13.2. The zero-order valence-electron chi connectivity index (χ0n) is 11.2. The molecule has 1 aromatic heterocycles. The minimum atomic E-state index is -0.0107. The number of pyridine rings is 1. The first kappa shape index (κ1) is 13.5. The van der Waals surface area contributed by atoms with Gasteiger partial charge in [-0.1, -0.05) is 13.8 Å². The summed E-state index contributed by atoms with van der Waals surface area (Å²) < 4.78 is 0. The molecule has 4 heteroatoms. The first-order valence-corrected chi connectivity index (χ1v) is 5.84. The smallest absolute Gasteiger partial charge is 0.254 e. The molecule has 1 aromatic rings. The van der Waals surface area contributed by atoms with Gasteiger partial charge in [0, 0.05) is 24.3 Å². The van der Waals surface area contributed by atoms with Gasteiger partial charge in [0.2, 0.25) is 0 Å². The molecule has 1 unspecified atom stereocenters. The molecule has 1 rings (SSSR count). The third-order valence-corrected chi connectivity index (χ3v) is 3.12. The molecule has 0 aromatic carbocycles. The molecule has 1 atom stereocenters. The second-order valence-electron chi connectivity index (χ2n) is 4.82. The van der Waals surface area contributed by atoms with Crippen molar-refractivity contribution in [2.75, 3.05) is 12.8 Å². The molecule has 0 spiro atoms. The summed E-state index contributed by atoms with van der Waals surface area (Å²) >= 11 is 0. The van der Waals surface area contributed by atoms with Crippen molar-refractivity contribution in [3.63, 3.8) is 0 Å². The van der Waals surface area contributed by atoms with E-state index in [-0.39, 0.29) is 11.9 Å². The summed E-state index contributed by atoms with van der Waals surface area (Å²) in [6, 6.07) is 3.58. The first-order chi connectivity index (χ1) is 7.82. The standard InChI is InChI=1S/C13H21N3O/c1-8(2)10(4)16(5)13(17)11-6-9(3)15-12(14)7-11/h6-8,10H,1-5H3,(H2,14,15). The summed E-state index contributed by atoms with van der Waals surface area (Å²) in [4.78, 5) is 18.0. The van der Waals surface area contributed by atoms with E-state index < -0.39 is 0 Å². The van der Waals surface area contributed by atoms with E-state index in [1.165, 1.54) is 0 Å². The van der Waals surface area contributed by atoms with Crippen LogP contribution in [-0.4, -0.2) is 28.9 Å². The molecule has 0 aliphatic rings. The molecule has 1 amide bonds. The molecule has 94 valence electrons. The van der Waals surface area contributed by atoms with Gasteiger partial charge in [0.15, 0.2) is 0 Å². The van der Waals surface area contributed by atoms with Crippen molar-refractivity contribution >= 4 is 11.7 Å². The van der Waals surface area contributed by atoms with E-state index in [9.17, 15) is 4.79 Å². The maximum absolute atomic E-state index is 12.2. The third kappa shape index (κ3) is 3.19. The number of rotatable bonds is 3. The topological polar surface area (TPSA) is 59.2 Å². The van der Waals surface area contributed by atoms with Crippen LogP contribution in [0.4, 0.5) is 5.82 Å². The molecule has 0 aliphatic heterocycles. The Morgan fingerprint density at radius 3 is 2.41 bits per heavy atom. The maximum Gasteiger partial charge on any atom is 0.254 e. The van der Waals surface area contributed by atoms with Crippen molar-refractivity contribution in [3.8, 4) is 0 Å². The van der Waals surface area contributed by atoms with Crippen LogP contribution in [0.1, 0.15) is 36.8 Å². The van der Waals surface area contributed by atoms with Crippen LogP contribution in [-0.2, 0) is 0 Å². The normalized spacial score (nSPS) is 12.6. The van der Waals surface area contributed by atoms with E-state index in [2.05, 4.69) is 18.8 Å². The van der Waals surface area contributed by atoms with E-state index in [1.807, 2.05) is 20.9 Å². The van der Waals surface area contributed by atoms with Crippen molar-refractivity contribution in [1.82, 2.24) is 9.88 Å². The molecule has 0 aliphatic carbocycles. The number of hydrogen-bond donors (Lipinski definition) is 1. The fourth-order valence-electron chi connectivity index (χ4n) is 1.65. The number of nitrogens with zero attached hydrogens (tertiary/aromatic N) is 2. The Balaban J connectivity index is 2.96. The molecule has 0 saturated carbocycles. The van der Waals surface area contributed by atoms with Gasteiger partial charge < -0.3 is 10.6 Å². The Morgan fingerprint density at radius 2 is 1.94 bits per heavy atom. The SMILES string of the molecule is Cc1cc(C(=O)N(C)C(C)C(C)C)cc(N)n1. The predicted octanol–water partition coefficient (Wildman–Crippen LogP) is 2.09. The highest BCUT2D eigenvalue weighted by molar-refractivity contribution is 5.95. The number of hydrogen-bond acceptors (Lipinski definition) is 3. The lowest BCUT2D eigenvalue weighted by Gasteiger charge is -2.28. The minimum Gasteiger partial charge on any atom is -0.384 e. The Kier molecular flexibility index (Phi) is 4.10. The number of amides is 1. The Morgan fingerprint density at radius 1 is 1.35 bits per heavy atom. The van der Waals surface area contributed by atoms with E-state index >= 15 is 0 Å². The van der Waals surface area contributed by atoms with Crippen LogP contribution in [0.15, 0.2) is 12.1 Å². The molecular formula is C13H21N3O.